The summed E-state index contributed by atoms with van der Waals surface area (Å²) in [5, 5.41) is 0. The normalized spacial score (nSPS) is 20.5. The second-order valence-electron chi connectivity index (χ2n) is 4.72. The van der Waals surface area contributed by atoms with Crippen LogP contribution in [-0.2, 0) is 10.2 Å². The number of nitrogens with zero attached hydrogens (tertiary/aromatic N) is 1. The van der Waals surface area contributed by atoms with Gasteiger partial charge in [0.25, 0.3) is 10.2 Å². The Morgan fingerprint density at radius 1 is 1.19 bits per heavy atom. The molecule has 0 aromatic carbocycles. The summed E-state index contributed by atoms with van der Waals surface area (Å²) in [6, 6.07) is 0.200. The molecule has 1 rings (SSSR count). The summed E-state index contributed by atoms with van der Waals surface area (Å²) in [4.78, 5) is 2.32. The highest BCUT2D eigenvalue weighted by Crippen LogP contribution is 2.10. The van der Waals surface area contributed by atoms with Crippen molar-refractivity contribution in [1.29, 1.82) is 0 Å². The van der Waals surface area contributed by atoms with Crippen LogP contribution in [0.25, 0.3) is 0 Å². The van der Waals surface area contributed by atoms with Gasteiger partial charge in [0.15, 0.2) is 0 Å². The lowest BCUT2D eigenvalue weighted by Gasteiger charge is -2.24. The molecule has 1 saturated heterocycles. The quantitative estimate of drug-likeness (QED) is 0.712. The van der Waals surface area contributed by atoms with Crippen LogP contribution in [0.15, 0.2) is 0 Å². The fourth-order valence-corrected chi connectivity index (χ4v) is 3.06. The third-order valence-electron chi connectivity index (χ3n) is 2.72. The maximum Gasteiger partial charge on any atom is 0.277 e. The molecule has 0 bridgehead atoms. The van der Waals surface area contributed by atoms with E-state index in [1.165, 1.54) is 12.8 Å². The van der Waals surface area contributed by atoms with Gasteiger partial charge < -0.3 is 0 Å². The summed E-state index contributed by atoms with van der Waals surface area (Å²) >= 11 is 0. The minimum absolute atomic E-state index is 0.0698. The van der Waals surface area contributed by atoms with E-state index in [0.717, 1.165) is 13.1 Å². The highest BCUT2D eigenvalue weighted by atomic mass is 32.2. The third kappa shape index (κ3) is 4.78. The van der Waals surface area contributed by atoms with E-state index in [-0.39, 0.29) is 12.1 Å². The van der Waals surface area contributed by atoms with E-state index in [1.807, 2.05) is 13.8 Å². The third-order valence-corrected chi connectivity index (χ3v) is 4.05. The maximum atomic E-state index is 11.5. The Morgan fingerprint density at radius 3 is 2.25 bits per heavy atom. The number of likely N-dealkylation sites (tertiary alicyclic amines) is 1. The monoisotopic (exact) mass is 249 g/mol. The van der Waals surface area contributed by atoms with Crippen LogP contribution in [-0.4, -0.2) is 45.0 Å². The molecule has 0 amide bonds. The Balaban J connectivity index is 2.32. The van der Waals surface area contributed by atoms with Crippen LogP contribution in [0.5, 0.6) is 0 Å². The molecule has 0 spiro atoms. The Kier molecular flexibility index (Phi) is 5.17. The molecule has 1 heterocycles. The zero-order valence-electron chi connectivity index (χ0n) is 10.4. The van der Waals surface area contributed by atoms with E-state index >= 15 is 0 Å². The van der Waals surface area contributed by atoms with Crippen LogP contribution < -0.4 is 9.44 Å². The first kappa shape index (κ1) is 13.9. The van der Waals surface area contributed by atoms with Crippen LogP contribution >= 0.6 is 0 Å². The molecule has 5 nitrogen and oxygen atoms in total. The van der Waals surface area contributed by atoms with Crippen LogP contribution in [0, 0.1) is 0 Å². The fourth-order valence-electron chi connectivity index (χ4n) is 1.89. The molecule has 1 fully saturated rings. The molecule has 6 heteroatoms. The summed E-state index contributed by atoms with van der Waals surface area (Å²) in [6.07, 6.45) is 2.45. The van der Waals surface area contributed by atoms with Crippen molar-refractivity contribution in [1.82, 2.24) is 14.3 Å². The van der Waals surface area contributed by atoms with E-state index < -0.39 is 10.2 Å². The summed E-state index contributed by atoms with van der Waals surface area (Å²) in [5.41, 5.74) is 0. The van der Waals surface area contributed by atoms with Gasteiger partial charge in [-0.3, -0.25) is 4.90 Å². The average Bonchev–Trinajstić information content (AvgIpc) is 2.64. The second kappa shape index (κ2) is 5.95. The fraction of sp³-hybridized carbons (Fsp3) is 1.00. The van der Waals surface area contributed by atoms with Gasteiger partial charge >= 0.3 is 0 Å². The van der Waals surface area contributed by atoms with Gasteiger partial charge in [0.05, 0.1) is 0 Å². The Hall–Kier alpha value is -0.170. The zero-order valence-corrected chi connectivity index (χ0v) is 11.2. The summed E-state index contributed by atoms with van der Waals surface area (Å²) in [5.74, 6) is 0. The molecule has 0 aliphatic carbocycles. The predicted octanol–water partition coefficient (Wildman–Crippen LogP) is 0.303. The van der Waals surface area contributed by atoms with E-state index in [2.05, 4.69) is 21.3 Å². The number of nitrogens with one attached hydrogen (secondary N) is 2. The standard InChI is InChI=1S/C10H23N3O2S/c1-9(2)12-16(14,15)11-8-10(3)13-6-4-5-7-13/h9-12H,4-8H2,1-3H3. The van der Waals surface area contributed by atoms with Crippen LogP contribution in [0.4, 0.5) is 0 Å². The largest absolute Gasteiger partial charge is 0.299 e. The molecule has 16 heavy (non-hydrogen) atoms. The molecular weight excluding hydrogens is 226 g/mol. The molecule has 1 aliphatic heterocycles. The predicted molar refractivity (Wildman–Crippen MR) is 65.5 cm³/mol. The zero-order chi connectivity index (χ0) is 12.2. The molecule has 1 aliphatic rings. The van der Waals surface area contributed by atoms with Gasteiger partial charge in [0.2, 0.25) is 0 Å². The van der Waals surface area contributed by atoms with Crippen LogP contribution in [0.2, 0.25) is 0 Å². The van der Waals surface area contributed by atoms with E-state index in [4.69, 9.17) is 0 Å². The first-order valence-corrected chi connectivity index (χ1v) is 7.40. The van der Waals surface area contributed by atoms with Crippen molar-refractivity contribution in [2.45, 2.75) is 45.7 Å². The van der Waals surface area contributed by atoms with Gasteiger partial charge in [0, 0.05) is 18.6 Å². The van der Waals surface area contributed by atoms with Crippen LogP contribution in [0.1, 0.15) is 33.6 Å². The smallest absolute Gasteiger partial charge is 0.277 e. The first-order chi connectivity index (χ1) is 7.41. The van der Waals surface area contributed by atoms with Crippen molar-refractivity contribution in [3.63, 3.8) is 0 Å². The molecule has 2 N–H and O–H groups in total. The van der Waals surface area contributed by atoms with Crippen molar-refractivity contribution in [3.8, 4) is 0 Å². The lowest BCUT2D eigenvalue weighted by Crippen LogP contribution is -2.46. The van der Waals surface area contributed by atoms with Crippen molar-refractivity contribution in [2.75, 3.05) is 19.6 Å². The molecule has 1 unspecified atom stereocenters. The van der Waals surface area contributed by atoms with E-state index in [9.17, 15) is 8.42 Å². The summed E-state index contributed by atoms with van der Waals surface area (Å²) < 4.78 is 28.1. The summed E-state index contributed by atoms with van der Waals surface area (Å²) in [6.45, 7) is 8.32. The van der Waals surface area contributed by atoms with Gasteiger partial charge in [0.1, 0.15) is 0 Å². The van der Waals surface area contributed by atoms with Crippen molar-refractivity contribution < 1.29 is 8.42 Å². The highest BCUT2D eigenvalue weighted by molar-refractivity contribution is 7.87. The number of rotatable bonds is 6. The molecule has 0 saturated carbocycles. The lowest BCUT2D eigenvalue weighted by atomic mass is 10.3. The number of hydrogen-bond acceptors (Lipinski definition) is 3. The molecule has 0 aromatic heterocycles. The minimum Gasteiger partial charge on any atom is -0.299 e. The van der Waals surface area contributed by atoms with E-state index in [1.54, 1.807) is 0 Å². The molecule has 0 aromatic rings. The Labute approximate surface area is 98.8 Å². The Bertz CT molecular complexity index is 297. The van der Waals surface area contributed by atoms with Gasteiger partial charge in [-0.15, -0.1) is 0 Å². The molecule has 1 atom stereocenters. The SMILES string of the molecule is CC(C)NS(=O)(=O)NCC(C)N1CCCC1. The first-order valence-electron chi connectivity index (χ1n) is 5.91. The molecule has 96 valence electrons. The topological polar surface area (TPSA) is 61.4 Å². The molecule has 0 radical (unpaired) electrons. The minimum atomic E-state index is -3.33. The van der Waals surface area contributed by atoms with Crippen molar-refractivity contribution in [3.05, 3.63) is 0 Å². The van der Waals surface area contributed by atoms with Gasteiger partial charge in [-0.1, -0.05) is 0 Å². The lowest BCUT2D eigenvalue weighted by molar-refractivity contribution is 0.259. The summed E-state index contributed by atoms with van der Waals surface area (Å²) in [7, 11) is -3.33. The Morgan fingerprint density at radius 2 is 1.75 bits per heavy atom. The van der Waals surface area contributed by atoms with Crippen molar-refractivity contribution >= 4 is 10.2 Å². The average molecular weight is 249 g/mol. The van der Waals surface area contributed by atoms with Crippen molar-refractivity contribution in [2.24, 2.45) is 0 Å². The van der Waals surface area contributed by atoms with E-state index in [0.29, 0.717) is 6.54 Å². The van der Waals surface area contributed by atoms with Crippen LogP contribution in [0.3, 0.4) is 0 Å². The van der Waals surface area contributed by atoms with Gasteiger partial charge in [-0.25, -0.2) is 4.72 Å². The highest BCUT2D eigenvalue weighted by Gasteiger charge is 2.20. The van der Waals surface area contributed by atoms with Gasteiger partial charge in [-0.2, -0.15) is 13.1 Å². The number of hydrogen-bond donors (Lipinski definition) is 2. The molecular formula is C10H23N3O2S. The van der Waals surface area contributed by atoms with Gasteiger partial charge in [-0.05, 0) is 46.7 Å². The second-order valence-corrected chi connectivity index (χ2v) is 6.25. The maximum absolute atomic E-state index is 11.5.